The molecule has 0 radical (unpaired) electrons. The number of rotatable bonds is 4. The molecule has 1 aliphatic carbocycles. The minimum absolute atomic E-state index is 0.0578. The molecule has 1 amide bonds. The Morgan fingerprint density at radius 1 is 1.09 bits per heavy atom. The fraction of sp³-hybridized carbons (Fsp3) is 0.650. The molecule has 1 saturated carbocycles. The van der Waals surface area contributed by atoms with Crippen LogP contribution < -0.4 is 5.32 Å². The highest BCUT2D eigenvalue weighted by Gasteiger charge is 2.60. The van der Waals surface area contributed by atoms with Gasteiger partial charge in [-0.1, -0.05) is 31.2 Å². The van der Waals surface area contributed by atoms with Crippen LogP contribution in [0, 0.1) is 5.41 Å². The Morgan fingerprint density at radius 2 is 1.78 bits per heavy atom. The summed E-state index contributed by atoms with van der Waals surface area (Å²) in [6.45, 7) is 3.06. The smallest absolute Gasteiger partial charge is 0.226 e. The molecule has 124 valence electrons. The molecule has 3 aliphatic rings. The summed E-state index contributed by atoms with van der Waals surface area (Å²) < 4.78 is 6.12. The molecule has 2 heterocycles. The van der Waals surface area contributed by atoms with Crippen LogP contribution in [0.3, 0.4) is 0 Å². The number of carbonyl (C=O) groups is 1. The van der Waals surface area contributed by atoms with Crippen LogP contribution in [0.2, 0.25) is 0 Å². The first-order valence-corrected chi connectivity index (χ1v) is 9.20. The Balaban J connectivity index is 1.29. The molecule has 23 heavy (non-hydrogen) atoms. The Bertz CT molecular complexity index is 584. The molecule has 1 aromatic carbocycles. The van der Waals surface area contributed by atoms with Crippen LogP contribution in [0.5, 0.6) is 0 Å². The maximum Gasteiger partial charge on any atom is 0.226 e. The van der Waals surface area contributed by atoms with Crippen LogP contribution in [0.1, 0.15) is 56.6 Å². The summed E-state index contributed by atoms with van der Waals surface area (Å²) in [7, 11) is 0. The molecule has 1 atom stereocenters. The molecule has 1 unspecified atom stereocenters. The van der Waals surface area contributed by atoms with E-state index in [2.05, 4.69) is 36.5 Å². The lowest BCUT2D eigenvalue weighted by Crippen LogP contribution is -2.38. The third kappa shape index (κ3) is 2.69. The van der Waals surface area contributed by atoms with E-state index < -0.39 is 0 Å². The highest BCUT2D eigenvalue weighted by atomic mass is 16.6. The number of benzene rings is 1. The van der Waals surface area contributed by atoms with Gasteiger partial charge in [-0.3, -0.25) is 4.79 Å². The van der Waals surface area contributed by atoms with Crippen molar-refractivity contribution in [2.24, 2.45) is 5.41 Å². The zero-order valence-corrected chi connectivity index (χ0v) is 14.1. The number of epoxide rings is 1. The molecular weight excluding hydrogens is 286 g/mol. The third-order valence-electron chi connectivity index (χ3n) is 6.46. The van der Waals surface area contributed by atoms with Crippen LogP contribution in [0.4, 0.5) is 0 Å². The standard InChI is InChI=1S/C20H27NO2/c1-2-15-3-5-16(6-4-15)7-8-17-20(23-17)11-9-19(10-12-20)13-14-21-18(19)22/h3-6,17H,2,7-14H2,1H3,(H,21,22). The van der Waals surface area contributed by atoms with Gasteiger partial charge in [0.1, 0.15) is 0 Å². The summed E-state index contributed by atoms with van der Waals surface area (Å²) in [5.41, 5.74) is 2.87. The second-order valence-electron chi connectivity index (χ2n) is 7.67. The van der Waals surface area contributed by atoms with Gasteiger partial charge >= 0.3 is 0 Å². The summed E-state index contributed by atoms with van der Waals surface area (Å²) in [5, 5.41) is 3.02. The highest BCUT2D eigenvalue weighted by Crippen LogP contribution is 2.56. The number of aryl methyl sites for hydroxylation is 2. The minimum atomic E-state index is -0.0578. The van der Waals surface area contributed by atoms with Crippen molar-refractivity contribution in [1.29, 1.82) is 0 Å². The molecule has 3 nitrogen and oxygen atoms in total. The molecule has 4 rings (SSSR count). The topological polar surface area (TPSA) is 41.6 Å². The molecule has 1 N–H and O–H groups in total. The number of carbonyl (C=O) groups excluding carboxylic acids is 1. The summed E-state index contributed by atoms with van der Waals surface area (Å²) in [4.78, 5) is 12.1. The molecule has 2 spiro atoms. The first-order valence-electron chi connectivity index (χ1n) is 9.20. The van der Waals surface area contributed by atoms with E-state index in [1.807, 2.05) is 0 Å². The third-order valence-corrected chi connectivity index (χ3v) is 6.46. The second-order valence-corrected chi connectivity index (χ2v) is 7.67. The quantitative estimate of drug-likeness (QED) is 0.866. The van der Waals surface area contributed by atoms with Crippen molar-refractivity contribution in [3.63, 3.8) is 0 Å². The Morgan fingerprint density at radius 3 is 2.39 bits per heavy atom. The molecule has 0 bridgehead atoms. The zero-order chi connectivity index (χ0) is 15.9. The molecule has 1 aromatic rings. The highest BCUT2D eigenvalue weighted by molar-refractivity contribution is 5.84. The maximum atomic E-state index is 12.1. The monoisotopic (exact) mass is 313 g/mol. The van der Waals surface area contributed by atoms with Gasteiger partial charge in [0.25, 0.3) is 0 Å². The van der Waals surface area contributed by atoms with E-state index in [0.717, 1.165) is 57.9 Å². The van der Waals surface area contributed by atoms with Gasteiger partial charge in [0.15, 0.2) is 0 Å². The van der Waals surface area contributed by atoms with Gasteiger partial charge in [0.2, 0.25) is 5.91 Å². The first-order chi connectivity index (χ1) is 11.2. The fourth-order valence-electron chi connectivity index (χ4n) is 4.60. The Kier molecular flexibility index (Phi) is 3.72. The van der Waals surface area contributed by atoms with E-state index in [0.29, 0.717) is 12.0 Å². The van der Waals surface area contributed by atoms with E-state index in [4.69, 9.17) is 4.74 Å². The minimum Gasteiger partial charge on any atom is -0.366 e. The second kappa shape index (κ2) is 5.62. The van der Waals surface area contributed by atoms with Gasteiger partial charge < -0.3 is 10.1 Å². The van der Waals surface area contributed by atoms with E-state index in [1.165, 1.54) is 11.1 Å². The molecule has 2 aliphatic heterocycles. The van der Waals surface area contributed by atoms with Gasteiger partial charge in [-0.2, -0.15) is 0 Å². The predicted octanol–water partition coefficient (Wildman–Crippen LogP) is 3.40. The zero-order valence-electron chi connectivity index (χ0n) is 14.1. The lowest BCUT2D eigenvalue weighted by atomic mass is 9.68. The van der Waals surface area contributed by atoms with Crippen LogP contribution in [-0.4, -0.2) is 24.2 Å². The largest absolute Gasteiger partial charge is 0.366 e. The van der Waals surface area contributed by atoms with E-state index in [9.17, 15) is 4.79 Å². The van der Waals surface area contributed by atoms with Crippen LogP contribution in [0.25, 0.3) is 0 Å². The SMILES string of the molecule is CCc1ccc(CCC2OC23CCC2(CCNC2=O)CC3)cc1. The summed E-state index contributed by atoms with van der Waals surface area (Å²) in [6.07, 6.45) is 8.92. The van der Waals surface area contributed by atoms with Crippen molar-refractivity contribution in [1.82, 2.24) is 5.32 Å². The average Bonchev–Trinajstić information content (AvgIpc) is 3.15. The fourth-order valence-corrected chi connectivity index (χ4v) is 4.60. The van der Waals surface area contributed by atoms with Crippen LogP contribution >= 0.6 is 0 Å². The van der Waals surface area contributed by atoms with E-state index >= 15 is 0 Å². The number of nitrogens with one attached hydrogen (secondary N) is 1. The number of ether oxygens (including phenoxy) is 1. The molecule has 0 aromatic heterocycles. The van der Waals surface area contributed by atoms with Gasteiger partial charge in [0, 0.05) is 6.54 Å². The van der Waals surface area contributed by atoms with E-state index in [-0.39, 0.29) is 11.0 Å². The van der Waals surface area contributed by atoms with Gasteiger partial charge in [0.05, 0.1) is 17.1 Å². The van der Waals surface area contributed by atoms with Crippen molar-refractivity contribution in [2.75, 3.05) is 6.54 Å². The predicted molar refractivity (Wildman–Crippen MR) is 90.3 cm³/mol. The van der Waals surface area contributed by atoms with Gasteiger partial charge in [-0.15, -0.1) is 0 Å². The van der Waals surface area contributed by atoms with Crippen molar-refractivity contribution in [3.05, 3.63) is 35.4 Å². The van der Waals surface area contributed by atoms with Gasteiger partial charge in [-0.25, -0.2) is 0 Å². The van der Waals surface area contributed by atoms with Crippen LogP contribution in [-0.2, 0) is 22.4 Å². The number of amides is 1. The molecular formula is C20H27NO2. The summed E-state index contributed by atoms with van der Waals surface area (Å²) in [5.74, 6) is 0.292. The average molecular weight is 313 g/mol. The van der Waals surface area contributed by atoms with Crippen LogP contribution in [0.15, 0.2) is 24.3 Å². The molecule has 3 heteroatoms. The lowest BCUT2D eigenvalue weighted by Gasteiger charge is -2.33. The Labute approximate surface area is 138 Å². The van der Waals surface area contributed by atoms with E-state index in [1.54, 1.807) is 0 Å². The normalized spacial score (nSPS) is 35.7. The van der Waals surface area contributed by atoms with Crippen molar-refractivity contribution < 1.29 is 9.53 Å². The van der Waals surface area contributed by atoms with Crippen molar-refractivity contribution in [2.45, 2.75) is 70.0 Å². The first kappa shape index (κ1) is 15.2. The number of hydrogen-bond acceptors (Lipinski definition) is 2. The molecule has 2 saturated heterocycles. The lowest BCUT2D eigenvalue weighted by molar-refractivity contribution is -0.129. The summed E-state index contributed by atoms with van der Waals surface area (Å²) in [6, 6.07) is 8.99. The molecule has 3 fully saturated rings. The maximum absolute atomic E-state index is 12.1. The van der Waals surface area contributed by atoms with Gasteiger partial charge in [-0.05, 0) is 62.5 Å². The van der Waals surface area contributed by atoms with Crippen molar-refractivity contribution in [3.8, 4) is 0 Å². The van der Waals surface area contributed by atoms with Crippen molar-refractivity contribution >= 4 is 5.91 Å². The summed E-state index contributed by atoms with van der Waals surface area (Å²) >= 11 is 0. The number of hydrogen-bond donors (Lipinski definition) is 1. The Hall–Kier alpha value is -1.35.